The van der Waals surface area contributed by atoms with E-state index in [9.17, 15) is 9.18 Å². The predicted molar refractivity (Wildman–Crippen MR) is 85.0 cm³/mol. The highest BCUT2D eigenvalue weighted by atomic mass is 32.1. The number of hydrogen-bond acceptors (Lipinski definition) is 4. The minimum Gasteiger partial charge on any atom is -0.493 e. The van der Waals surface area contributed by atoms with Crippen LogP contribution in [0.5, 0.6) is 5.75 Å². The predicted octanol–water partition coefficient (Wildman–Crippen LogP) is 3.74. The molecule has 1 aromatic heterocycles. The Morgan fingerprint density at radius 1 is 1.41 bits per heavy atom. The van der Waals surface area contributed by atoms with Gasteiger partial charge in [0.1, 0.15) is 0 Å². The molecule has 1 aromatic carbocycles. The molecule has 1 heterocycles. The van der Waals surface area contributed by atoms with Crippen LogP contribution < -0.4 is 4.74 Å². The minimum atomic E-state index is -0.546. The van der Waals surface area contributed by atoms with E-state index in [0.29, 0.717) is 0 Å². The van der Waals surface area contributed by atoms with Gasteiger partial charge in [-0.05, 0) is 32.9 Å². The zero-order chi connectivity index (χ0) is 16.4. The number of hydrogen-bond donors (Lipinski definition) is 0. The van der Waals surface area contributed by atoms with Gasteiger partial charge in [0.2, 0.25) is 0 Å². The van der Waals surface area contributed by atoms with E-state index in [1.807, 2.05) is 20.8 Å². The van der Waals surface area contributed by atoms with Gasteiger partial charge in [-0.15, -0.1) is 11.3 Å². The lowest BCUT2D eigenvalue weighted by atomic mass is 10.1. The summed E-state index contributed by atoms with van der Waals surface area (Å²) in [5.41, 5.74) is 1.08. The van der Waals surface area contributed by atoms with Gasteiger partial charge in [0, 0.05) is 11.9 Å². The summed E-state index contributed by atoms with van der Waals surface area (Å²) in [4.78, 5) is 19.8. The number of ether oxygens (including phenoxy) is 1. The normalized spacial score (nSPS) is 12.1. The van der Waals surface area contributed by atoms with Gasteiger partial charge >= 0.3 is 0 Å². The standard InChI is InChI=1S/C16H19FN2O2S/c1-9(14-10(2)22-11(3)18-14)19(4)16(20)12-7-6-8-13(17)15(12)21-5/h6-9H,1-5H3/t9-/m1/s1. The van der Waals surface area contributed by atoms with Crippen molar-refractivity contribution in [1.29, 1.82) is 0 Å². The molecule has 6 heteroatoms. The molecule has 0 saturated heterocycles. The van der Waals surface area contributed by atoms with E-state index in [0.717, 1.165) is 15.6 Å². The average molecular weight is 322 g/mol. The third kappa shape index (κ3) is 2.97. The number of rotatable bonds is 4. The van der Waals surface area contributed by atoms with E-state index >= 15 is 0 Å². The van der Waals surface area contributed by atoms with E-state index in [-0.39, 0.29) is 23.3 Å². The first-order valence-corrected chi connectivity index (χ1v) is 7.72. The first kappa shape index (κ1) is 16.4. The van der Waals surface area contributed by atoms with Crippen LogP contribution in [-0.4, -0.2) is 29.9 Å². The van der Waals surface area contributed by atoms with Gasteiger partial charge in [-0.25, -0.2) is 9.37 Å². The summed E-state index contributed by atoms with van der Waals surface area (Å²) in [7, 11) is 3.04. The van der Waals surface area contributed by atoms with Gasteiger partial charge in [0.05, 0.1) is 29.4 Å². The zero-order valence-electron chi connectivity index (χ0n) is 13.3. The number of halogens is 1. The van der Waals surface area contributed by atoms with Gasteiger partial charge in [-0.1, -0.05) is 6.07 Å². The Labute approximate surface area is 133 Å². The summed E-state index contributed by atoms with van der Waals surface area (Å²) >= 11 is 1.60. The maximum Gasteiger partial charge on any atom is 0.258 e. The second-order valence-corrected chi connectivity index (χ2v) is 6.49. The van der Waals surface area contributed by atoms with E-state index in [2.05, 4.69) is 4.98 Å². The van der Waals surface area contributed by atoms with Crippen molar-refractivity contribution in [1.82, 2.24) is 9.88 Å². The second-order valence-electron chi connectivity index (χ2n) is 5.09. The third-order valence-electron chi connectivity index (χ3n) is 3.64. The highest BCUT2D eigenvalue weighted by Gasteiger charge is 2.25. The van der Waals surface area contributed by atoms with Crippen LogP contribution in [0.3, 0.4) is 0 Å². The molecular formula is C16H19FN2O2S. The fourth-order valence-corrected chi connectivity index (χ4v) is 3.27. The number of carbonyl (C=O) groups excluding carboxylic acids is 1. The molecule has 0 aliphatic rings. The monoisotopic (exact) mass is 322 g/mol. The zero-order valence-corrected chi connectivity index (χ0v) is 14.1. The highest BCUT2D eigenvalue weighted by molar-refractivity contribution is 7.11. The quantitative estimate of drug-likeness (QED) is 0.861. The molecule has 0 aliphatic heterocycles. The van der Waals surface area contributed by atoms with Crippen LogP contribution in [0.2, 0.25) is 0 Å². The molecule has 0 radical (unpaired) electrons. The van der Waals surface area contributed by atoms with Gasteiger partial charge in [0.15, 0.2) is 11.6 Å². The molecule has 22 heavy (non-hydrogen) atoms. The fraction of sp³-hybridized carbons (Fsp3) is 0.375. The topological polar surface area (TPSA) is 42.4 Å². The van der Waals surface area contributed by atoms with Crippen molar-refractivity contribution in [2.24, 2.45) is 0 Å². The molecule has 0 aliphatic carbocycles. The van der Waals surface area contributed by atoms with Crippen molar-refractivity contribution >= 4 is 17.2 Å². The fourth-order valence-electron chi connectivity index (χ4n) is 2.37. The second kappa shape index (κ2) is 6.44. The molecule has 2 aromatic rings. The van der Waals surface area contributed by atoms with Crippen LogP contribution in [0, 0.1) is 19.7 Å². The average Bonchev–Trinajstić information content (AvgIpc) is 2.83. The number of para-hydroxylation sites is 1. The van der Waals surface area contributed by atoms with E-state index < -0.39 is 5.82 Å². The number of methoxy groups -OCH3 is 1. The van der Waals surface area contributed by atoms with E-state index in [4.69, 9.17) is 4.74 Å². The molecule has 0 unspecified atom stereocenters. The molecule has 1 atom stereocenters. The number of aromatic nitrogens is 1. The maximum atomic E-state index is 13.8. The number of amides is 1. The summed E-state index contributed by atoms with van der Waals surface area (Å²) in [6.07, 6.45) is 0. The summed E-state index contributed by atoms with van der Waals surface area (Å²) in [5.74, 6) is -0.873. The maximum absolute atomic E-state index is 13.8. The molecule has 0 N–H and O–H groups in total. The molecule has 0 bridgehead atoms. The number of carbonyl (C=O) groups is 1. The largest absolute Gasteiger partial charge is 0.493 e. The summed E-state index contributed by atoms with van der Waals surface area (Å²) in [5, 5.41) is 0.962. The Morgan fingerprint density at radius 3 is 2.64 bits per heavy atom. The SMILES string of the molecule is COc1c(F)cccc1C(=O)N(C)[C@H](C)c1nc(C)sc1C. The number of benzene rings is 1. The minimum absolute atomic E-state index is 0.0299. The molecule has 0 spiro atoms. The molecule has 1 amide bonds. The van der Waals surface area contributed by atoms with E-state index in [1.54, 1.807) is 29.4 Å². The Balaban J connectivity index is 2.33. The lowest BCUT2D eigenvalue weighted by Crippen LogP contribution is -2.30. The van der Waals surface area contributed by atoms with Crippen molar-refractivity contribution in [2.75, 3.05) is 14.2 Å². The Kier molecular flexibility index (Phi) is 4.81. The molecule has 2 rings (SSSR count). The molecule has 4 nitrogen and oxygen atoms in total. The Bertz CT molecular complexity index is 699. The summed E-state index contributed by atoms with van der Waals surface area (Å²) < 4.78 is 18.8. The van der Waals surface area contributed by atoms with Crippen molar-refractivity contribution in [2.45, 2.75) is 26.8 Å². The number of thiazole rings is 1. The number of nitrogens with zero attached hydrogens (tertiary/aromatic N) is 2. The third-order valence-corrected chi connectivity index (χ3v) is 4.54. The van der Waals surface area contributed by atoms with Crippen LogP contribution in [0.15, 0.2) is 18.2 Å². The first-order valence-electron chi connectivity index (χ1n) is 6.90. The van der Waals surface area contributed by atoms with Crippen LogP contribution in [0.1, 0.15) is 38.9 Å². The van der Waals surface area contributed by atoms with Crippen molar-refractivity contribution in [3.8, 4) is 5.75 Å². The van der Waals surface area contributed by atoms with Crippen molar-refractivity contribution < 1.29 is 13.9 Å². The van der Waals surface area contributed by atoms with Crippen LogP contribution in [0.4, 0.5) is 4.39 Å². The van der Waals surface area contributed by atoms with Gasteiger partial charge < -0.3 is 9.64 Å². The molecular weight excluding hydrogens is 303 g/mol. The van der Waals surface area contributed by atoms with Crippen molar-refractivity contribution in [3.05, 3.63) is 45.2 Å². The molecule has 118 valence electrons. The number of aryl methyl sites for hydroxylation is 2. The van der Waals surface area contributed by atoms with E-state index in [1.165, 1.54) is 19.2 Å². The van der Waals surface area contributed by atoms with Crippen LogP contribution >= 0.6 is 11.3 Å². The lowest BCUT2D eigenvalue weighted by molar-refractivity contribution is 0.0735. The van der Waals surface area contributed by atoms with Crippen LogP contribution in [0.25, 0.3) is 0 Å². The Hall–Kier alpha value is -1.95. The van der Waals surface area contributed by atoms with Gasteiger partial charge in [-0.2, -0.15) is 0 Å². The molecule has 0 saturated carbocycles. The van der Waals surface area contributed by atoms with Crippen molar-refractivity contribution in [3.63, 3.8) is 0 Å². The van der Waals surface area contributed by atoms with Gasteiger partial charge in [-0.3, -0.25) is 4.79 Å². The summed E-state index contributed by atoms with van der Waals surface area (Å²) in [6, 6.07) is 4.13. The van der Waals surface area contributed by atoms with Crippen LogP contribution in [-0.2, 0) is 0 Å². The first-order chi connectivity index (χ1) is 10.4. The van der Waals surface area contributed by atoms with Gasteiger partial charge in [0.25, 0.3) is 5.91 Å². The smallest absolute Gasteiger partial charge is 0.258 e. The Morgan fingerprint density at radius 2 is 2.09 bits per heavy atom. The summed E-state index contributed by atoms with van der Waals surface area (Å²) in [6.45, 7) is 5.83. The molecule has 0 fully saturated rings. The highest BCUT2D eigenvalue weighted by Crippen LogP contribution is 2.29. The lowest BCUT2D eigenvalue weighted by Gasteiger charge is -2.25.